The first-order valence-corrected chi connectivity index (χ1v) is 8.41. The highest BCUT2D eigenvalue weighted by Gasteiger charge is 2.26. The number of amides is 1. The largest absolute Gasteiger partial charge is 0.361 e. The van der Waals surface area contributed by atoms with Crippen molar-refractivity contribution in [1.82, 2.24) is 20.4 Å². The van der Waals surface area contributed by atoms with E-state index >= 15 is 0 Å². The van der Waals surface area contributed by atoms with E-state index in [-0.39, 0.29) is 11.8 Å². The number of nitrogens with zero attached hydrogens (tertiary/aromatic N) is 4. The fourth-order valence-electron chi connectivity index (χ4n) is 3.09. The van der Waals surface area contributed by atoms with E-state index in [0.29, 0.717) is 6.54 Å². The topological polar surface area (TPSA) is 84.2 Å². The van der Waals surface area contributed by atoms with Gasteiger partial charge < -0.3 is 14.7 Å². The van der Waals surface area contributed by atoms with Gasteiger partial charge in [0.2, 0.25) is 5.91 Å². The molecule has 0 unspecified atom stereocenters. The molecule has 1 aliphatic heterocycles. The summed E-state index contributed by atoms with van der Waals surface area (Å²) in [6.07, 6.45) is 7.56. The third-order valence-corrected chi connectivity index (χ3v) is 4.57. The van der Waals surface area contributed by atoms with Crippen molar-refractivity contribution in [2.24, 2.45) is 5.92 Å². The second kappa shape index (κ2) is 7.42. The molecular formula is C17H23N5O2. The van der Waals surface area contributed by atoms with Crippen molar-refractivity contribution < 1.29 is 9.32 Å². The van der Waals surface area contributed by atoms with Crippen LogP contribution in [0.5, 0.6) is 0 Å². The van der Waals surface area contributed by atoms with Gasteiger partial charge in [-0.15, -0.1) is 0 Å². The molecule has 0 aromatic carbocycles. The Kier molecular flexibility index (Phi) is 5.08. The highest BCUT2D eigenvalue weighted by atomic mass is 16.5. The summed E-state index contributed by atoms with van der Waals surface area (Å²) in [7, 11) is 0. The van der Waals surface area contributed by atoms with Crippen LogP contribution in [-0.4, -0.2) is 34.1 Å². The molecule has 3 rings (SSSR count). The van der Waals surface area contributed by atoms with Crippen LogP contribution >= 0.6 is 0 Å². The zero-order valence-electron chi connectivity index (χ0n) is 14.2. The lowest BCUT2D eigenvalue weighted by molar-refractivity contribution is -0.125. The van der Waals surface area contributed by atoms with Gasteiger partial charge in [0.25, 0.3) is 0 Å². The van der Waals surface area contributed by atoms with Crippen LogP contribution in [0, 0.1) is 12.8 Å². The third-order valence-electron chi connectivity index (χ3n) is 4.57. The number of aromatic nitrogens is 3. The summed E-state index contributed by atoms with van der Waals surface area (Å²) in [5.74, 6) is 1.88. The minimum atomic E-state index is 0.0446. The van der Waals surface area contributed by atoms with E-state index in [1.165, 1.54) is 0 Å². The molecule has 1 amide bonds. The van der Waals surface area contributed by atoms with Gasteiger partial charge in [0.15, 0.2) is 0 Å². The first-order valence-electron chi connectivity index (χ1n) is 8.41. The van der Waals surface area contributed by atoms with Gasteiger partial charge in [0, 0.05) is 49.9 Å². The molecule has 0 spiro atoms. The van der Waals surface area contributed by atoms with Crippen LogP contribution < -0.4 is 10.2 Å². The molecule has 0 aliphatic carbocycles. The van der Waals surface area contributed by atoms with Crippen molar-refractivity contribution in [1.29, 1.82) is 0 Å². The summed E-state index contributed by atoms with van der Waals surface area (Å²) < 4.78 is 5.26. The Morgan fingerprint density at radius 1 is 1.38 bits per heavy atom. The van der Waals surface area contributed by atoms with Crippen molar-refractivity contribution in [3.8, 4) is 0 Å². The molecule has 128 valence electrons. The number of aryl methyl sites for hydroxylation is 2. The highest BCUT2D eigenvalue weighted by molar-refractivity contribution is 5.79. The number of hydrogen-bond donors (Lipinski definition) is 1. The van der Waals surface area contributed by atoms with Gasteiger partial charge >= 0.3 is 0 Å². The van der Waals surface area contributed by atoms with E-state index in [4.69, 9.17) is 4.52 Å². The predicted molar refractivity (Wildman–Crippen MR) is 89.4 cm³/mol. The lowest BCUT2D eigenvalue weighted by atomic mass is 9.96. The predicted octanol–water partition coefficient (Wildman–Crippen LogP) is 1.87. The maximum atomic E-state index is 12.4. The Morgan fingerprint density at radius 3 is 2.83 bits per heavy atom. The quantitative estimate of drug-likeness (QED) is 0.901. The molecule has 24 heavy (non-hydrogen) atoms. The Hall–Kier alpha value is -2.44. The van der Waals surface area contributed by atoms with Crippen LogP contribution in [0.1, 0.15) is 36.8 Å². The van der Waals surface area contributed by atoms with Gasteiger partial charge in [0.05, 0.1) is 11.9 Å². The second-order valence-electron chi connectivity index (χ2n) is 6.07. The van der Waals surface area contributed by atoms with E-state index in [2.05, 4.69) is 25.3 Å². The van der Waals surface area contributed by atoms with Gasteiger partial charge in [-0.3, -0.25) is 9.78 Å². The maximum absolute atomic E-state index is 12.4. The lowest BCUT2D eigenvalue weighted by Crippen LogP contribution is -2.40. The molecule has 1 fully saturated rings. The number of piperidine rings is 1. The van der Waals surface area contributed by atoms with Gasteiger partial charge in [-0.25, -0.2) is 4.98 Å². The third kappa shape index (κ3) is 3.55. The standard InChI is InChI=1S/C17H23N5O2/c1-3-15-14(12(2)21-24-15)10-20-17(23)13-4-8-22(9-5-13)16-11-18-6-7-19-16/h6-7,11,13H,3-5,8-10H2,1-2H3,(H,20,23). The van der Waals surface area contributed by atoms with Crippen LogP contribution in [0.2, 0.25) is 0 Å². The summed E-state index contributed by atoms with van der Waals surface area (Å²) in [6.45, 7) is 6.06. The maximum Gasteiger partial charge on any atom is 0.223 e. The fourth-order valence-corrected chi connectivity index (χ4v) is 3.09. The number of carbonyl (C=O) groups excluding carboxylic acids is 1. The Balaban J connectivity index is 1.51. The van der Waals surface area contributed by atoms with Crippen molar-refractivity contribution in [2.45, 2.75) is 39.7 Å². The molecule has 3 heterocycles. The molecule has 0 atom stereocenters. The van der Waals surface area contributed by atoms with Gasteiger partial charge in [-0.1, -0.05) is 12.1 Å². The number of anilines is 1. The van der Waals surface area contributed by atoms with E-state index in [1.807, 2.05) is 13.8 Å². The van der Waals surface area contributed by atoms with Crippen molar-refractivity contribution >= 4 is 11.7 Å². The number of hydrogen-bond acceptors (Lipinski definition) is 6. The summed E-state index contributed by atoms with van der Waals surface area (Å²) in [4.78, 5) is 23.0. The molecule has 7 nitrogen and oxygen atoms in total. The van der Waals surface area contributed by atoms with Crippen LogP contribution in [-0.2, 0) is 17.8 Å². The minimum Gasteiger partial charge on any atom is -0.361 e. The number of carbonyl (C=O) groups is 1. The number of nitrogens with one attached hydrogen (secondary N) is 1. The lowest BCUT2D eigenvalue weighted by Gasteiger charge is -2.31. The molecule has 2 aromatic rings. The summed E-state index contributed by atoms with van der Waals surface area (Å²) in [6, 6.07) is 0. The highest BCUT2D eigenvalue weighted by Crippen LogP contribution is 2.21. The van der Waals surface area contributed by atoms with Crippen molar-refractivity contribution in [3.05, 3.63) is 35.6 Å². The van der Waals surface area contributed by atoms with Gasteiger partial charge in [-0.05, 0) is 19.8 Å². The molecule has 0 saturated carbocycles. The first-order chi connectivity index (χ1) is 11.7. The fraction of sp³-hybridized carbons (Fsp3) is 0.529. The van der Waals surface area contributed by atoms with E-state index < -0.39 is 0 Å². The van der Waals surface area contributed by atoms with Crippen LogP contribution in [0.25, 0.3) is 0 Å². The molecule has 1 aliphatic rings. The van der Waals surface area contributed by atoms with E-state index in [1.54, 1.807) is 18.6 Å². The van der Waals surface area contributed by atoms with Gasteiger partial charge in [0.1, 0.15) is 11.6 Å². The Labute approximate surface area is 141 Å². The summed E-state index contributed by atoms with van der Waals surface area (Å²) >= 11 is 0. The molecule has 1 saturated heterocycles. The monoisotopic (exact) mass is 329 g/mol. The smallest absolute Gasteiger partial charge is 0.223 e. The zero-order chi connectivity index (χ0) is 16.9. The summed E-state index contributed by atoms with van der Waals surface area (Å²) in [5.41, 5.74) is 1.85. The normalized spacial score (nSPS) is 15.5. The molecule has 1 N–H and O–H groups in total. The second-order valence-corrected chi connectivity index (χ2v) is 6.07. The zero-order valence-corrected chi connectivity index (χ0v) is 14.2. The minimum absolute atomic E-state index is 0.0446. The average molecular weight is 329 g/mol. The van der Waals surface area contributed by atoms with Crippen molar-refractivity contribution in [2.75, 3.05) is 18.0 Å². The Bertz CT molecular complexity index is 678. The summed E-state index contributed by atoms with van der Waals surface area (Å²) in [5, 5.41) is 7.02. The van der Waals surface area contributed by atoms with E-state index in [0.717, 1.165) is 55.2 Å². The van der Waals surface area contributed by atoms with E-state index in [9.17, 15) is 4.79 Å². The number of rotatable bonds is 5. The molecule has 7 heteroatoms. The molecule has 0 bridgehead atoms. The van der Waals surface area contributed by atoms with Gasteiger partial charge in [-0.2, -0.15) is 0 Å². The van der Waals surface area contributed by atoms with Crippen LogP contribution in [0.3, 0.4) is 0 Å². The Morgan fingerprint density at radius 2 is 2.17 bits per heavy atom. The SMILES string of the molecule is CCc1onc(C)c1CNC(=O)C1CCN(c2cnccn2)CC1. The average Bonchev–Trinajstić information content (AvgIpc) is 3.00. The van der Waals surface area contributed by atoms with Crippen LogP contribution in [0.4, 0.5) is 5.82 Å². The van der Waals surface area contributed by atoms with Crippen molar-refractivity contribution in [3.63, 3.8) is 0 Å². The van der Waals surface area contributed by atoms with Crippen LogP contribution in [0.15, 0.2) is 23.1 Å². The molecule has 0 radical (unpaired) electrons. The first kappa shape index (κ1) is 16.4. The molecule has 2 aromatic heterocycles. The molecular weight excluding hydrogens is 306 g/mol.